The standard InChI is InChI=1S/C23H34N4O6/c1-2-3-9-19(22(31)26-18(14-28)12-17-10-11-24-21(17)30)27-20(29)13-25-23(32)33-15-16-7-5-4-6-8-16/h4-8,17-19,28H,2-3,9-15H2,1H3,(H,24,30)(H,25,32)(H,26,31)(H,27,29)/t17?,18-,19-/m0/s1. The highest BCUT2D eigenvalue weighted by Gasteiger charge is 2.29. The maximum Gasteiger partial charge on any atom is 0.407 e. The molecule has 2 rings (SSSR count). The zero-order valence-corrected chi connectivity index (χ0v) is 19.0. The molecule has 1 fully saturated rings. The molecule has 3 atom stereocenters. The second-order valence-electron chi connectivity index (χ2n) is 8.08. The molecule has 1 aromatic carbocycles. The lowest BCUT2D eigenvalue weighted by molar-refractivity contribution is -0.129. The summed E-state index contributed by atoms with van der Waals surface area (Å²) in [5, 5.41) is 20.1. The Morgan fingerprint density at radius 2 is 1.97 bits per heavy atom. The molecule has 182 valence electrons. The van der Waals surface area contributed by atoms with Gasteiger partial charge < -0.3 is 31.1 Å². The van der Waals surface area contributed by atoms with Crippen molar-refractivity contribution in [3.05, 3.63) is 35.9 Å². The van der Waals surface area contributed by atoms with Crippen LogP contribution in [0.25, 0.3) is 0 Å². The summed E-state index contributed by atoms with van der Waals surface area (Å²) >= 11 is 0. The quantitative estimate of drug-likeness (QED) is 0.290. The monoisotopic (exact) mass is 462 g/mol. The molecular formula is C23H34N4O6. The maximum atomic E-state index is 12.8. The smallest absolute Gasteiger partial charge is 0.407 e. The van der Waals surface area contributed by atoms with Gasteiger partial charge in [-0.1, -0.05) is 50.1 Å². The number of alkyl carbamates (subject to hydrolysis) is 1. The Bertz CT molecular complexity index is 788. The van der Waals surface area contributed by atoms with Gasteiger partial charge in [0.05, 0.1) is 12.6 Å². The molecule has 0 radical (unpaired) electrons. The Morgan fingerprint density at radius 3 is 2.61 bits per heavy atom. The van der Waals surface area contributed by atoms with Gasteiger partial charge in [0, 0.05) is 12.5 Å². The topological polar surface area (TPSA) is 146 Å². The summed E-state index contributed by atoms with van der Waals surface area (Å²) < 4.78 is 5.07. The third-order valence-corrected chi connectivity index (χ3v) is 5.40. The first-order valence-corrected chi connectivity index (χ1v) is 11.4. The highest BCUT2D eigenvalue weighted by Crippen LogP contribution is 2.16. The molecule has 0 aliphatic carbocycles. The lowest BCUT2D eigenvalue weighted by atomic mass is 9.98. The van der Waals surface area contributed by atoms with Crippen molar-refractivity contribution in [3.8, 4) is 0 Å². The van der Waals surface area contributed by atoms with E-state index in [1.807, 2.05) is 37.3 Å². The van der Waals surface area contributed by atoms with E-state index in [0.29, 0.717) is 32.2 Å². The van der Waals surface area contributed by atoms with Crippen LogP contribution >= 0.6 is 0 Å². The van der Waals surface area contributed by atoms with Crippen LogP contribution in [0.2, 0.25) is 0 Å². The van der Waals surface area contributed by atoms with E-state index in [2.05, 4.69) is 21.3 Å². The molecule has 1 saturated heterocycles. The Balaban J connectivity index is 1.80. The average molecular weight is 463 g/mol. The van der Waals surface area contributed by atoms with Crippen molar-refractivity contribution in [2.24, 2.45) is 5.92 Å². The molecule has 1 aliphatic rings. The molecule has 0 saturated carbocycles. The normalized spacial score (nSPS) is 16.9. The van der Waals surface area contributed by atoms with Crippen molar-refractivity contribution in [1.82, 2.24) is 21.3 Å². The van der Waals surface area contributed by atoms with Crippen molar-refractivity contribution in [1.29, 1.82) is 0 Å². The highest BCUT2D eigenvalue weighted by molar-refractivity contribution is 5.89. The van der Waals surface area contributed by atoms with Crippen LogP contribution in [0.5, 0.6) is 0 Å². The first-order valence-electron chi connectivity index (χ1n) is 11.4. The van der Waals surface area contributed by atoms with E-state index in [0.717, 1.165) is 12.0 Å². The summed E-state index contributed by atoms with van der Waals surface area (Å²) in [7, 11) is 0. The Hall–Kier alpha value is -3.14. The van der Waals surface area contributed by atoms with E-state index in [9.17, 15) is 24.3 Å². The van der Waals surface area contributed by atoms with Crippen molar-refractivity contribution >= 4 is 23.8 Å². The summed E-state index contributed by atoms with van der Waals surface area (Å²) in [4.78, 5) is 48.7. The number of benzene rings is 1. The van der Waals surface area contributed by atoms with E-state index in [1.165, 1.54) is 0 Å². The molecule has 10 nitrogen and oxygen atoms in total. The van der Waals surface area contributed by atoms with Crippen LogP contribution in [0.15, 0.2) is 30.3 Å². The van der Waals surface area contributed by atoms with Gasteiger partial charge >= 0.3 is 6.09 Å². The fourth-order valence-corrected chi connectivity index (χ4v) is 3.54. The van der Waals surface area contributed by atoms with E-state index < -0.39 is 30.0 Å². The number of carbonyl (C=O) groups is 4. The summed E-state index contributed by atoms with van der Waals surface area (Å²) in [5.41, 5.74) is 0.821. The van der Waals surface area contributed by atoms with Gasteiger partial charge in [-0.05, 0) is 24.8 Å². The second kappa shape index (κ2) is 14.1. The SMILES string of the molecule is CCCC[C@H](NC(=O)CNC(=O)OCc1ccccc1)C(=O)N[C@H](CO)CC1CCNC1=O. The van der Waals surface area contributed by atoms with Gasteiger partial charge in [-0.3, -0.25) is 14.4 Å². The number of ether oxygens (including phenoxy) is 1. The predicted molar refractivity (Wildman–Crippen MR) is 121 cm³/mol. The first-order chi connectivity index (χ1) is 15.9. The maximum absolute atomic E-state index is 12.8. The van der Waals surface area contributed by atoms with Gasteiger partial charge in [-0.2, -0.15) is 0 Å². The van der Waals surface area contributed by atoms with Crippen molar-refractivity contribution in [3.63, 3.8) is 0 Å². The highest BCUT2D eigenvalue weighted by atomic mass is 16.5. The zero-order chi connectivity index (χ0) is 24.1. The average Bonchev–Trinajstić information content (AvgIpc) is 3.23. The van der Waals surface area contributed by atoms with Crippen molar-refractivity contribution in [2.75, 3.05) is 19.7 Å². The first kappa shape index (κ1) is 26.1. The number of carbonyl (C=O) groups excluding carboxylic acids is 4. The molecule has 10 heteroatoms. The molecule has 0 bridgehead atoms. The van der Waals surface area contributed by atoms with E-state index in [-0.39, 0.29) is 31.6 Å². The van der Waals surface area contributed by atoms with Crippen LogP contribution < -0.4 is 21.3 Å². The minimum atomic E-state index is -0.814. The van der Waals surface area contributed by atoms with Crippen LogP contribution in [-0.4, -0.2) is 60.7 Å². The van der Waals surface area contributed by atoms with Gasteiger partial charge in [0.1, 0.15) is 19.2 Å². The van der Waals surface area contributed by atoms with E-state index in [1.54, 1.807) is 0 Å². The third kappa shape index (κ3) is 9.48. The number of aliphatic hydroxyl groups is 1. The van der Waals surface area contributed by atoms with Gasteiger partial charge in [0.25, 0.3) is 0 Å². The third-order valence-electron chi connectivity index (χ3n) is 5.40. The zero-order valence-electron chi connectivity index (χ0n) is 19.0. The van der Waals surface area contributed by atoms with Crippen LogP contribution in [0.4, 0.5) is 4.79 Å². The number of amides is 4. The Kier molecular flexibility index (Phi) is 11.2. The molecule has 1 heterocycles. The van der Waals surface area contributed by atoms with Crippen molar-refractivity contribution in [2.45, 2.75) is 57.7 Å². The van der Waals surface area contributed by atoms with E-state index in [4.69, 9.17) is 4.74 Å². The summed E-state index contributed by atoms with van der Waals surface area (Å²) in [6.45, 7) is 1.99. The number of hydrogen-bond acceptors (Lipinski definition) is 6. The molecule has 0 spiro atoms. The molecule has 1 aromatic rings. The molecular weight excluding hydrogens is 428 g/mol. The second-order valence-corrected chi connectivity index (χ2v) is 8.08. The minimum absolute atomic E-state index is 0.0799. The van der Waals surface area contributed by atoms with Crippen LogP contribution in [-0.2, 0) is 25.7 Å². The van der Waals surface area contributed by atoms with Crippen LogP contribution in [0.1, 0.15) is 44.6 Å². The lowest BCUT2D eigenvalue weighted by Gasteiger charge is -2.23. The number of hydrogen-bond donors (Lipinski definition) is 5. The summed E-state index contributed by atoms with van der Waals surface area (Å²) in [6, 6.07) is 7.74. The minimum Gasteiger partial charge on any atom is -0.445 e. The molecule has 0 aromatic heterocycles. The van der Waals surface area contributed by atoms with Gasteiger partial charge in [-0.25, -0.2) is 4.79 Å². The van der Waals surface area contributed by atoms with E-state index >= 15 is 0 Å². The fraction of sp³-hybridized carbons (Fsp3) is 0.565. The molecule has 4 amide bonds. The summed E-state index contributed by atoms with van der Waals surface area (Å²) in [6.07, 6.45) is 2.20. The van der Waals surface area contributed by atoms with Gasteiger partial charge in [0.2, 0.25) is 17.7 Å². The number of aliphatic hydroxyl groups excluding tert-OH is 1. The largest absolute Gasteiger partial charge is 0.445 e. The molecule has 33 heavy (non-hydrogen) atoms. The number of nitrogens with one attached hydrogen (secondary N) is 4. The fourth-order valence-electron chi connectivity index (χ4n) is 3.54. The molecule has 1 aliphatic heterocycles. The van der Waals surface area contributed by atoms with Crippen LogP contribution in [0.3, 0.4) is 0 Å². The Morgan fingerprint density at radius 1 is 1.21 bits per heavy atom. The lowest BCUT2D eigenvalue weighted by Crippen LogP contribution is -2.52. The Labute approximate surface area is 193 Å². The predicted octanol–water partition coefficient (Wildman–Crippen LogP) is 0.591. The molecule has 1 unspecified atom stereocenters. The van der Waals surface area contributed by atoms with Crippen LogP contribution in [0, 0.1) is 5.92 Å². The van der Waals surface area contributed by atoms with Gasteiger partial charge in [-0.15, -0.1) is 0 Å². The van der Waals surface area contributed by atoms with Crippen molar-refractivity contribution < 1.29 is 29.0 Å². The summed E-state index contributed by atoms with van der Waals surface area (Å²) in [5.74, 6) is -1.29. The number of unbranched alkanes of at least 4 members (excludes halogenated alkanes) is 1. The van der Waals surface area contributed by atoms with Gasteiger partial charge in [0.15, 0.2) is 0 Å². The number of rotatable bonds is 13. The molecule has 5 N–H and O–H groups in total.